The molecule has 1 atom stereocenters. The number of carbonyl (C=O) groups is 3. The van der Waals surface area contributed by atoms with Crippen molar-refractivity contribution in [3.63, 3.8) is 0 Å². The molecule has 11 heteroatoms. The monoisotopic (exact) mass is 505 g/mol. The lowest BCUT2D eigenvalue weighted by atomic mass is 10.0. The Balaban J connectivity index is 1.54. The summed E-state index contributed by atoms with van der Waals surface area (Å²) < 4.78 is 39.2. The highest BCUT2D eigenvalue weighted by atomic mass is 19.4. The summed E-state index contributed by atoms with van der Waals surface area (Å²) in [6, 6.07) is 7.55. The average Bonchev–Trinajstić information content (AvgIpc) is 3.24. The van der Waals surface area contributed by atoms with E-state index in [0.717, 1.165) is 38.1 Å². The first-order valence-corrected chi connectivity index (χ1v) is 11.6. The minimum atomic E-state index is -4.69. The van der Waals surface area contributed by atoms with Crippen LogP contribution in [0.15, 0.2) is 36.4 Å². The van der Waals surface area contributed by atoms with Gasteiger partial charge in [0, 0.05) is 25.7 Å². The van der Waals surface area contributed by atoms with Crippen LogP contribution in [0, 0.1) is 6.92 Å². The lowest BCUT2D eigenvalue weighted by Gasteiger charge is -2.18. The van der Waals surface area contributed by atoms with Gasteiger partial charge in [0.25, 0.3) is 5.91 Å². The van der Waals surface area contributed by atoms with Gasteiger partial charge < -0.3 is 21.7 Å². The summed E-state index contributed by atoms with van der Waals surface area (Å²) in [6.07, 6.45) is -2.97. The number of urea groups is 1. The van der Waals surface area contributed by atoms with Crippen molar-refractivity contribution in [3.05, 3.63) is 64.2 Å². The number of aryl methyl sites for hydroxylation is 2. The molecule has 3 rings (SSSR count). The molecule has 1 fully saturated rings. The van der Waals surface area contributed by atoms with Crippen molar-refractivity contribution in [1.29, 1.82) is 0 Å². The Labute approximate surface area is 207 Å². The SMILES string of the molecule is CCc1ccc(CN2CC[C@H](NC(=O)CNC(=O)c3cc(C(F)(F)F)ccc3NC(N)=O)C2)c(C)c1. The third-order valence-electron chi connectivity index (χ3n) is 6.11. The first kappa shape index (κ1) is 27.0. The van der Waals surface area contributed by atoms with Crippen LogP contribution in [0.5, 0.6) is 0 Å². The van der Waals surface area contributed by atoms with E-state index in [0.29, 0.717) is 12.6 Å². The maximum atomic E-state index is 13.1. The van der Waals surface area contributed by atoms with Gasteiger partial charge in [-0.15, -0.1) is 0 Å². The van der Waals surface area contributed by atoms with Crippen molar-refractivity contribution < 1.29 is 27.6 Å². The van der Waals surface area contributed by atoms with E-state index in [-0.39, 0.29) is 11.7 Å². The van der Waals surface area contributed by atoms with Crippen LogP contribution in [0.1, 0.15) is 46.0 Å². The normalized spacial score (nSPS) is 16.0. The second kappa shape index (κ2) is 11.4. The van der Waals surface area contributed by atoms with Gasteiger partial charge in [-0.3, -0.25) is 14.5 Å². The molecule has 36 heavy (non-hydrogen) atoms. The number of likely N-dealkylation sites (tertiary alicyclic amines) is 1. The lowest BCUT2D eigenvalue weighted by molar-refractivity contribution is -0.137. The predicted molar refractivity (Wildman–Crippen MR) is 129 cm³/mol. The molecule has 194 valence electrons. The van der Waals surface area contributed by atoms with Crippen molar-refractivity contribution >= 4 is 23.5 Å². The van der Waals surface area contributed by atoms with Gasteiger partial charge in [0.1, 0.15) is 0 Å². The van der Waals surface area contributed by atoms with E-state index < -0.39 is 41.7 Å². The number of halogens is 3. The molecule has 1 aliphatic heterocycles. The molecule has 4 amide bonds. The molecule has 5 N–H and O–H groups in total. The molecule has 0 bridgehead atoms. The molecule has 1 aliphatic rings. The molecular weight excluding hydrogens is 475 g/mol. The number of primary amides is 1. The van der Waals surface area contributed by atoms with Crippen molar-refractivity contribution in [2.45, 2.75) is 45.5 Å². The molecule has 2 aromatic carbocycles. The van der Waals surface area contributed by atoms with E-state index in [2.05, 4.69) is 52.9 Å². The van der Waals surface area contributed by atoms with Gasteiger partial charge in [-0.2, -0.15) is 13.2 Å². The summed E-state index contributed by atoms with van der Waals surface area (Å²) in [4.78, 5) is 38.3. The van der Waals surface area contributed by atoms with Gasteiger partial charge >= 0.3 is 12.2 Å². The Morgan fingerprint density at radius 2 is 1.89 bits per heavy atom. The molecule has 0 spiro atoms. The Hall–Kier alpha value is -3.60. The largest absolute Gasteiger partial charge is 0.416 e. The van der Waals surface area contributed by atoms with Crippen molar-refractivity contribution in [2.24, 2.45) is 5.73 Å². The van der Waals surface area contributed by atoms with Gasteiger partial charge in [-0.05, 0) is 54.7 Å². The van der Waals surface area contributed by atoms with Crippen LogP contribution >= 0.6 is 0 Å². The number of hydrogen-bond donors (Lipinski definition) is 4. The number of carbonyl (C=O) groups excluding carboxylic acids is 3. The van der Waals surface area contributed by atoms with E-state index in [4.69, 9.17) is 5.73 Å². The van der Waals surface area contributed by atoms with Gasteiger partial charge in [0.05, 0.1) is 23.4 Å². The molecular formula is C25H30F3N5O3. The Kier molecular flexibility index (Phi) is 8.57. The summed E-state index contributed by atoms with van der Waals surface area (Å²) in [5, 5.41) is 7.28. The van der Waals surface area contributed by atoms with Crippen LogP contribution in [0.4, 0.5) is 23.7 Å². The maximum absolute atomic E-state index is 13.1. The molecule has 1 saturated heterocycles. The Morgan fingerprint density at radius 1 is 1.14 bits per heavy atom. The van der Waals surface area contributed by atoms with Crippen LogP contribution in [-0.4, -0.2) is 48.4 Å². The minimum Gasteiger partial charge on any atom is -0.351 e. The molecule has 0 saturated carbocycles. The van der Waals surface area contributed by atoms with Crippen LogP contribution in [-0.2, 0) is 23.9 Å². The van der Waals surface area contributed by atoms with Crippen molar-refractivity contribution in [2.75, 3.05) is 25.0 Å². The zero-order valence-electron chi connectivity index (χ0n) is 20.2. The Bertz CT molecular complexity index is 1140. The number of anilines is 1. The van der Waals surface area contributed by atoms with Crippen molar-refractivity contribution in [3.8, 4) is 0 Å². The average molecular weight is 506 g/mol. The first-order valence-electron chi connectivity index (χ1n) is 11.6. The van der Waals surface area contributed by atoms with Gasteiger partial charge in [0.2, 0.25) is 5.91 Å². The quantitative estimate of drug-likeness (QED) is 0.441. The second-order valence-corrected chi connectivity index (χ2v) is 8.83. The summed E-state index contributed by atoms with van der Waals surface area (Å²) in [7, 11) is 0. The highest BCUT2D eigenvalue weighted by Crippen LogP contribution is 2.32. The summed E-state index contributed by atoms with van der Waals surface area (Å²) >= 11 is 0. The fourth-order valence-corrected chi connectivity index (χ4v) is 4.17. The fourth-order valence-electron chi connectivity index (χ4n) is 4.17. The lowest BCUT2D eigenvalue weighted by Crippen LogP contribution is -2.43. The molecule has 0 aliphatic carbocycles. The number of amides is 4. The maximum Gasteiger partial charge on any atom is 0.416 e. The predicted octanol–water partition coefficient (Wildman–Crippen LogP) is 3.19. The summed E-state index contributed by atoms with van der Waals surface area (Å²) in [5.41, 5.74) is 7.07. The van der Waals surface area contributed by atoms with Crippen LogP contribution in [0.2, 0.25) is 0 Å². The number of hydrogen-bond acceptors (Lipinski definition) is 4. The molecule has 8 nitrogen and oxygen atoms in total. The van der Waals surface area contributed by atoms with Crippen molar-refractivity contribution in [1.82, 2.24) is 15.5 Å². The molecule has 0 aromatic heterocycles. The van der Waals surface area contributed by atoms with Gasteiger partial charge in [-0.1, -0.05) is 25.1 Å². The number of nitrogens with one attached hydrogen (secondary N) is 3. The van der Waals surface area contributed by atoms with E-state index in [1.807, 2.05) is 0 Å². The van der Waals surface area contributed by atoms with E-state index in [1.54, 1.807) is 0 Å². The van der Waals surface area contributed by atoms with Gasteiger partial charge in [-0.25, -0.2) is 4.79 Å². The van der Waals surface area contributed by atoms with Crippen LogP contribution in [0.25, 0.3) is 0 Å². The smallest absolute Gasteiger partial charge is 0.351 e. The number of alkyl halides is 3. The Morgan fingerprint density at radius 3 is 2.53 bits per heavy atom. The number of rotatable bonds is 8. The van der Waals surface area contributed by atoms with Crippen LogP contribution in [0.3, 0.4) is 0 Å². The second-order valence-electron chi connectivity index (χ2n) is 8.83. The van der Waals surface area contributed by atoms with Crippen LogP contribution < -0.4 is 21.7 Å². The molecule has 1 heterocycles. The summed E-state index contributed by atoms with van der Waals surface area (Å²) in [5.74, 6) is -1.41. The van der Waals surface area contributed by atoms with E-state index in [1.165, 1.54) is 16.7 Å². The molecule has 0 unspecified atom stereocenters. The minimum absolute atomic E-state index is 0.106. The number of nitrogens with two attached hydrogens (primary N) is 1. The standard InChI is InChI=1S/C25H30F3N5O3/c1-3-16-4-5-17(15(2)10-16)13-33-9-8-19(14-33)31-22(34)12-30-23(35)20-11-18(25(26,27)28)6-7-21(20)32-24(29)36/h4-7,10-11,19H,3,8-9,12-14H2,1-2H3,(H,30,35)(H,31,34)(H3,29,32,36)/t19-/m0/s1. The zero-order chi connectivity index (χ0) is 26.5. The zero-order valence-corrected chi connectivity index (χ0v) is 20.2. The number of benzene rings is 2. The van der Waals surface area contributed by atoms with E-state index >= 15 is 0 Å². The third-order valence-corrected chi connectivity index (χ3v) is 6.11. The highest BCUT2D eigenvalue weighted by Gasteiger charge is 2.32. The summed E-state index contributed by atoms with van der Waals surface area (Å²) in [6.45, 7) is 5.99. The molecule has 0 radical (unpaired) electrons. The fraction of sp³-hybridized carbons (Fsp3) is 0.400. The van der Waals surface area contributed by atoms with E-state index in [9.17, 15) is 27.6 Å². The molecule has 2 aromatic rings. The topological polar surface area (TPSA) is 117 Å². The van der Waals surface area contributed by atoms with Gasteiger partial charge in [0.15, 0.2) is 0 Å². The highest BCUT2D eigenvalue weighted by molar-refractivity contribution is 6.04. The third kappa shape index (κ3) is 7.20. The first-order chi connectivity index (χ1) is 17.0. The number of nitrogens with zero attached hydrogens (tertiary/aromatic N) is 1.